The number of anilines is 2. The first-order chi connectivity index (χ1) is 22.9. The van der Waals surface area contributed by atoms with Crippen molar-refractivity contribution in [3.05, 3.63) is 78.0 Å². The minimum atomic E-state index is 0.0418. The summed E-state index contributed by atoms with van der Waals surface area (Å²) in [7, 11) is 4.15. The lowest BCUT2D eigenvalue weighted by Gasteiger charge is -2.33. The SMILES string of the molecule is C=C(Nc1cc(C(C)(C)C)cc(NC)c1CC)c1cc2cccc(CN3CCC(C(=O)N4CCCC4)CC3)c2n1C.C=CCC.CCC. The summed E-state index contributed by atoms with van der Waals surface area (Å²) in [5, 5.41) is 8.35. The molecule has 2 aliphatic heterocycles. The number of hydrogen-bond donors (Lipinski definition) is 2. The van der Waals surface area contributed by atoms with Gasteiger partial charge in [0.15, 0.2) is 0 Å². The van der Waals surface area contributed by atoms with Crippen LogP contribution in [0.15, 0.2) is 55.6 Å². The molecule has 264 valence electrons. The molecule has 3 heterocycles. The van der Waals surface area contributed by atoms with E-state index in [0.717, 1.165) is 88.3 Å². The van der Waals surface area contributed by atoms with Crippen molar-refractivity contribution in [3.8, 4) is 0 Å². The predicted octanol–water partition coefficient (Wildman–Crippen LogP) is 10.00. The third-order valence-corrected chi connectivity index (χ3v) is 9.51. The van der Waals surface area contributed by atoms with Gasteiger partial charge in [-0.3, -0.25) is 9.69 Å². The van der Waals surface area contributed by atoms with Crippen LogP contribution in [-0.4, -0.2) is 53.5 Å². The predicted molar refractivity (Wildman–Crippen MR) is 210 cm³/mol. The molecule has 0 bridgehead atoms. The number of rotatable bonds is 9. The number of fused-ring (bicyclic) bond motifs is 1. The van der Waals surface area contributed by atoms with Crippen molar-refractivity contribution in [3.63, 3.8) is 0 Å². The molecule has 0 aliphatic carbocycles. The number of para-hydroxylation sites is 1. The molecule has 2 N–H and O–H groups in total. The molecule has 2 aliphatic rings. The Bertz CT molecular complexity index is 1500. The highest BCUT2D eigenvalue weighted by atomic mass is 16.2. The maximum atomic E-state index is 12.9. The average Bonchev–Trinajstić information content (AvgIpc) is 3.73. The maximum absolute atomic E-state index is 12.9. The van der Waals surface area contributed by atoms with E-state index < -0.39 is 0 Å². The average molecular weight is 656 g/mol. The van der Waals surface area contributed by atoms with Crippen molar-refractivity contribution >= 4 is 33.9 Å². The summed E-state index contributed by atoms with van der Waals surface area (Å²) in [6, 6.07) is 13.5. The number of likely N-dealkylation sites (tertiary alicyclic amines) is 2. The van der Waals surface area contributed by atoms with E-state index >= 15 is 0 Å². The van der Waals surface area contributed by atoms with E-state index in [1.807, 2.05) is 13.1 Å². The van der Waals surface area contributed by atoms with Gasteiger partial charge < -0.3 is 20.1 Å². The van der Waals surface area contributed by atoms with Crippen LogP contribution in [0.25, 0.3) is 16.6 Å². The lowest BCUT2D eigenvalue weighted by atomic mass is 9.85. The number of hydrogen-bond acceptors (Lipinski definition) is 4. The van der Waals surface area contributed by atoms with E-state index in [0.29, 0.717) is 5.91 Å². The monoisotopic (exact) mass is 656 g/mol. The third-order valence-electron chi connectivity index (χ3n) is 9.51. The first kappa shape index (κ1) is 38.9. The molecule has 0 unspecified atom stereocenters. The number of amides is 1. The molecule has 2 aromatic carbocycles. The van der Waals surface area contributed by atoms with Crippen LogP contribution in [0.1, 0.15) is 109 Å². The minimum Gasteiger partial charge on any atom is -0.388 e. The zero-order valence-corrected chi connectivity index (χ0v) is 31.8. The summed E-state index contributed by atoms with van der Waals surface area (Å²) in [5.41, 5.74) is 9.47. The highest BCUT2D eigenvalue weighted by molar-refractivity contribution is 5.90. The molecule has 2 fully saturated rings. The molecular weight excluding hydrogens is 590 g/mol. The van der Waals surface area contributed by atoms with Crippen molar-refractivity contribution in [2.24, 2.45) is 13.0 Å². The van der Waals surface area contributed by atoms with E-state index in [-0.39, 0.29) is 11.3 Å². The second-order valence-corrected chi connectivity index (χ2v) is 14.4. The lowest BCUT2D eigenvalue weighted by molar-refractivity contribution is -0.136. The van der Waals surface area contributed by atoms with Gasteiger partial charge in [-0.05, 0) is 91.9 Å². The van der Waals surface area contributed by atoms with E-state index in [9.17, 15) is 4.79 Å². The van der Waals surface area contributed by atoms with E-state index in [1.54, 1.807) is 0 Å². The summed E-state index contributed by atoms with van der Waals surface area (Å²) in [4.78, 5) is 17.5. The zero-order valence-electron chi connectivity index (χ0n) is 31.8. The van der Waals surface area contributed by atoms with E-state index in [4.69, 9.17) is 0 Å². The summed E-state index contributed by atoms with van der Waals surface area (Å²) < 4.78 is 2.29. The summed E-state index contributed by atoms with van der Waals surface area (Å²) in [6.07, 6.45) is 9.39. The Morgan fingerprint density at radius 1 is 0.979 bits per heavy atom. The Morgan fingerprint density at radius 2 is 1.58 bits per heavy atom. The molecule has 0 spiro atoms. The van der Waals surface area contributed by atoms with Crippen LogP contribution in [0.3, 0.4) is 0 Å². The largest absolute Gasteiger partial charge is 0.388 e. The fraction of sp³-hybridized carbons (Fsp3) is 0.548. The quantitative estimate of drug-likeness (QED) is 0.225. The normalized spacial score (nSPS) is 15.3. The Hall–Kier alpha value is -3.51. The van der Waals surface area contributed by atoms with E-state index in [1.165, 1.54) is 39.7 Å². The van der Waals surface area contributed by atoms with Crippen LogP contribution >= 0.6 is 0 Å². The third kappa shape index (κ3) is 9.78. The maximum Gasteiger partial charge on any atom is 0.225 e. The molecule has 6 heteroatoms. The van der Waals surface area contributed by atoms with Gasteiger partial charge in [0.1, 0.15) is 0 Å². The van der Waals surface area contributed by atoms with Crippen LogP contribution in [0.2, 0.25) is 0 Å². The van der Waals surface area contributed by atoms with Gasteiger partial charge in [0.05, 0.1) is 16.9 Å². The van der Waals surface area contributed by atoms with Gasteiger partial charge in [0.25, 0.3) is 0 Å². The number of carbonyl (C=O) groups excluding carboxylic acids is 1. The topological polar surface area (TPSA) is 52.5 Å². The van der Waals surface area contributed by atoms with Crippen LogP contribution < -0.4 is 10.6 Å². The highest BCUT2D eigenvalue weighted by Crippen LogP contribution is 2.36. The second kappa shape index (κ2) is 18.3. The van der Waals surface area contributed by atoms with Crippen molar-refractivity contribution in [2.75, 3.05) is 43.9 Å². The number of carbonyl (C=O) groups is 1. The highest BCUT2D eigenvalue weighted by Gasteiger charge is 2.30. The van der Waals surface area contributed by atoms with Crippen LogP contribution in [-0.2, 0) is 30.2 Å². The van der Waals surface area contributed by atoms with Crippen molar-refractivity contribution < 1.29 is 4.79 Å². The standard InChI is InChI=1S/C35H49N5O.C4H8.C3H8/c1-8-29-30(36-6)21-28(35(3,4)5)22-31(29)37-24(2)32-20-26-12-11-13-27(33(26)38(32)7)23-39-18-14-25(15-19-39)34(41)40-16-9-10-17-40;1-3-4-2;1-3-2/h11-13,20-22,25,36-37H,2,8-10,14-19,23H2,1,3-7H3;3H,1,4H2,2H3;3H2,1-2H3. The molecule has 5 rings (SSSR count). The van der Waals surface area contributed by atoms with Crippen molar-refractivity contribution in [2.45, 2.75) is 105 Å². The second-order valence-electron chi connectivity index (χ2n) is 14.4. The zero-order chi connectivity index (χ0) is 35.4. The number of piperidine rings is 1. The van der Waals surface area contributed by atoms with Crippen LogP contribution in [0.4, 0.5) is 11.4 Å². The number of benzene rings is 2. The van der Waals surface area contributed by atoms with Gasteiger partial charge in [-0.2, -0.15) is 0 Å². The first-order valence-electron chi connectivity index (χ1n) is 18.4. The Balaban J connectivity index is 0.000000818. The summed E-state index contributed by atoms with van der Waals surface area (Å²) in [5.74, 6) is 0.591. The summed E-state index contributed by atoms with van der Waals surface area (Å²) in [6.45, 7) is 28.0. The Morgan fingerprint density at radius 3 is 2.12 bits per heavy atom. The summed E-state index contributed by atoms with van der Waals surface area (Å²) >= 11 is 0. The number of allylic oxidation sites excluding steroid dienone is 1. The van der Waals surface area contributed by atoms with Gasteiger partial charge in [0.2, 0.25) is 5.91 Å². The molecule has 0 radical (unpaired) electrons. The van der Waals surface area contributed by atoms with Gasteiger partial charge in [0, 0.05) is 56.4 Å². The number of nitrogens with one attached hydrogen (secondary N) is 2. The van der Waals surface area contributed by atoms with Crippen LogP contribution in [0, 0.1) is 5.92 Å². The van der Waals surface area contributed by atoms with Crippen molar-refractivity contribution in [1.29, 1.82) is 0 Å². The van der Waals surface area contributed by atoms with Gasteiger partial charge in [-0.15, -0.1) is 6.58 Å². The molecule has 3 aromatic rings. The van der Waals surface area contributed by atoms with E-state index in [2.05, 4.69) is 130 Å². The Kier molecular flexibility index (Phi) is 14.8. The first-order valence-corrected chi connectivity index (χ1v) is 18.4. The number of aromatic nitrogens is 1. The molecule has 1 amide bonds. The van der Waals surface area contributed by atoms with Gasteiger partial charge >= 0.3 is 0 Å². The lowest BCUT2D eigenvalue weighted by Crippen LogP contribution is -2.41. The fourth-order valence-corrected chi connectivity index (χ4v) is 6.74. The van der Waals surface area contributed by atoms with Crippen molar-refractivity contribution in [1.82, 2.24) is 14.4 Å². The fourth-order valence-electron chi connectivity index (χ4n) is 6.74. The Labute approximate surface area is 292 Å². The molecule has 2 saturated heterocycles. The van der Waals surface area contributed by atoms with Gasteiger partial charge in [-0.1, -0.05) is 85.7 Å². The minimum absolute atomic E-state index is 0.0418. The number of aryl methyl sites for hydroxylation is 1. The molecule has 1 aromatic heterocycles. The molecule has 0 atom stereocenters. The smallest absolute Gasteiger partial charge is 0.225 e. The molecular formula is C42H65N5O. The molecule has 6 nitrogen and oxygen atoms in total. The van der Waals surface area contributed by atoms with Gasteiger partial charge in [-0.25, -0.2) is 0 Å². The van der Waals surface area contributed by atoms with Crippen LogP contribution in [0.5, 0.6) is 0 Å². The number of nitrogens with zero attached hydrogens (tertiary/aromatic N) is 3. The molecule has 48 heavy (non-hydrogen) atoms. The molecule has 0 saturated carbocycles.